The van der Waals surface area contributed by atoms with Crippen LogP contribution in [-0.2, 0) is 0 Å². The minimum Gasteiger partial charge on any atom is -0.402 e. The molecule has 0 saturated heterocycles. The molecule has 0 aliphatic carbocycles. The fraction of sp³-hybridized carbons (Fsp3) is 0. The molecule has 6 heavy (non-hydrogen) atoms. The summed E-state index contributed by atoms with van der Waals surface area (Å²) in [7, 11) is -2.17. The van der Waals surface area contributed by atoms with Gasteiger partial charge in [0.15, 0.2) is 17.4 Å². The minimum atomic E-state index is -2.17. The molecule has 0 bridgehead atoms. The molecule has 1 radical (unpaired) electrons. The standard InChI is InChI=1S/Al.BH3O3.La.3H/c;2-1(3)4;;;;/h;2-4H;;;;. The Morgan fingerprint density at radius 1 is 1.00 bits per heavy atom. The first-order valence-electron chi connectivity index (χ1n) is 0.775. The van der Waals surface area contributed by atoms with Crippen LogP contribution in [0.25, 0.3) is 0 Å². The SMILES string of the molecule is OB(O)O.[AlH3].[La]. The van der Waals surface area contributed by atoms with E-state index in [1.807, 2.05) is 0 Å². The Morgan fingerprint density at radius 3 is 1.00 bits per heavy atom. The van der Waals surface area contributed by atoms with Crippen molar-refractivity contribution in [2.45, 2.75) is 0 Å². The first-order valence-corrected chi connectivity index (χ1v) is 0.775. The zero-order valence-electron chi connectivity index (χ0n) is 2.50. The molecule has 0 rings (SSSR count). The van der Waals surface area contributed by atoms with Crippen molar-refractivity contribution in [3.05, 3.63) is 0 Å². The molecule has 6 heteroatoms. The van der Waals surface area contributed by atoms with Gasteiger partial charge in [0.05, 0.1) is 0 Å². The van der Waals surface area contributed by atoms with Gasteiger partial charge in [0.1, 0.15) is 0 Å². The molecule has 0 aliphatic rings. The third kappa shape index (κ3) is 44.3. The van der Waals surface area contributed by atoms with Crippen LogP contribution in [0.1, 0.15) is 0 Å². The van der Waals surface area contributed by atoms with E-state index in [-0.39, 0.29) is 53.0 Å². The van der Waals surface area contributed by atoms with E-state index in [9.17, 15) is 0 Å². The van der Waals surface area contributed by atoms with Gasteiger partial charge in [-0.25, -0.2) is 0 Å². The summed E-state index contributed by atoms with van der Waals surface area (Å²) < 4.78 is 0. The Balaban J connectivity index is -0.0000000450. The minimum absolute atomic E-state index is 0. The Morgan fingerprint density at radius 2 is 1.00 bits per heavy atom. The summed E-state index contributed by atoms with van der Waals surface area (Å²) in [5.74, 6) is 0. The predicted octanol–water partition coefficient (Wildman–Crippen LogP) is -3.24. The van der Waals surface area contributed by atoms with Crippen LogP contribution >= 0.6 is 0 Å². The van der Waals surface area contributed by atoms with Gasteiger partial charge >= 0.3 is 7.32 Å². The maximum atomic E-state index is 7.17. The summed E-state index contributed by atoms with van der Waals surface area (Å²) in [4.78, 5) is 0. The first-order chi connectivity index (χ1) is 1.73. The van der Waals surface area contributed by atoms with E-state index in [2.05, 4.69) is 0 Å². The number of hydrogen-bond donors (Lipinski definition) is 3. The van der Waals surface area contributed by atoms with Crippen molar-refractivity contribution in [3.8, 4) is 0 Å². The molecule has 33 valence electrons. The molecule has 3 nitrogen and oxygen atoms in total. The van der Waals surface area contributed by atoms with Crippen LogP contribution in [0.3, 0.4) is 0 Å². The van der Waals surface area contributed by atoms with Crippen LogP contribution in [0.15, 0.2) is 0 Å². The second kappa shape index (κ2) is 9.83. The van der Waals surface area contributed by atoms with Crippen molar-refractivity contribution in [1.82, 2.24) is 0 Å². The first kappa shape index (κ1) is 15.6. The average Bonchev–Trinajstić information content (AvgIpc) is 0.811. The third-order valence-corrected chi connectivity index (χ3v) is 0. The molecule has 0 unspecified atom stereocenters. The van der Waals surface area contributed by atoms with Gasteiger partial charge in [-0.2, -0.15) is 0 Å². The van der Waals surface area contributed by atoms with Crippen molar-refractivity contribution in [1.29, 1.82) is 0 Å². The summed E-state index contributed by atoms with van der Waals surface area (Å²) in [6.45, 7) is 0. The van der Waals surface area contributed by atoms with Crippen molar-refractivity contribution in [3.63, 3.8) is 0 Å². The van der Waals surface area contributed by atoms with E-state index in [0.29, 0.717) is 0 Å². The fourth-order valence-corrected chi connectivity index (χ4v) is 0. The van der Waals surface area contributed by atoms with Gasteiger partial charge < -0.3 is 15.1 Å². The van der Waals surface area contributed by atoms with Crippen LogP contribution in [0.2, 0.25) is 0 Å². The van der Waals surface area contributed by atoms with Crippen LogP contribution in [0, 0.1) is 35.6 Å². The molecule has 0 atom stereocenters. The molecular weight excluding hydrogens is 225 g/mol. The maximum absolute atomic E-state index is 7.17. The molecule has 0 fully saturated rings. The monoisotopic (exact) mass is 231 g/mol. The molecular formula is H6AlBLaO3. The molecule has 0 heterocycles. The zero-order chi connectivity index (χ0) is 3.58. The summed E-state index contributed by atoms with van der Waals surface area (Å²) in [6, 6.07) is 0. The Hall–Kier alpha value is 1.67. The van der Waals surface area contributed by atoms with Gasteiger partial charge in [-0.15, -0.1) is 0 Å². The normalized spacial score (nSPS) is 4.50. The van der Waals surface area contributed by atoms with Crippen molar-refractivity contribution in [2.24, 2.45) is 0 Å². The largest absolute Gasteiger partial charge is 0.631 e. The fourth-order valence-electron chi connectivity index (χ4n) is 0. The van der Waals surface area contributed by atoms with Crippen LogP contribution < -0.4 is 0 Å². The third-order valence-electron chi connectivity index (χ3n) is 0. The molecule has 0 aromatic carbocycles. The van der Waals surface area contributed by atoms with E-state index in [0.717, 1.165) is 0 Å². The molecule has 0 aromatic heterocycles. The molecule has 0 amide bonds. The van der Waals surface area contributed by atoms with Crippen molar-refractivity contribution >= 4 is 24.7 Å². The van der Waals surface area contributed by atoms with Crippen molar-refractivity contribution < 1.29 is 50.7 Å². The summed E-state index contributed by atoms with van der Waals surface area (Å²) in [5.41, 5.74) is 0. The van der Waals surface area contributed by atoms with Gasteiger partial charge in [-0.3, -0.25) is 0 Å². The molecule has 0 aliphatic heterocycles. The van der Waals surface area contributed by atoms with E-state index >= 15 is 0 Å². The molecule has 0 aromatic rings. The van der Waals surface area contributed by atoms with Crippen LogP contribution in [0.4, 0.5) is 0 Å². The van der Waals surface area contributed by atoms with E-state index in [1.54, 1.807) is 0 Å². The van der Waals surface area contributed by atoms with Gasteiger partial charge in [-0.1, -0.05) is 0 Å². The quantitative estimate of drug-likeness (QED) is 0.384. The topological polar surface area (TPSA) is 60.7 Å². The average molecular weight is 231 g/mol. The smallest absolute Gasteiger partial charge is 0.402 e. The summed E-state index contributed by atoms with van der Waals surface area (Å²) in [5, 5.41) is 21.5. The second-order valence-electron chi connectivity index (χ2n) is 0.346. The molecule has 3 N–H and O–H groups in total. The predicted molar refractivity (Wildman–Crippen MR) is 22.3 cm³/mol. The Labute approximate surface area is 74.7 Å². The van der Waals surface area contributed by atoms with E-state index < -0.39 is 7.32 Å². The number of hydrogen-bond acceptors (Lipinski definition) is 3. The van der Waals surface area contributed by atoms with Gasteiger partial charge in [-0.05, 0) is 0 Å². The molecule has 0 spiro atoms. The maximum Gasteiger partial charge on any atom is 0.631 e. The summed E-state index contributed by atoms with van der Waals surface area (Å²) >= 11 is 0. The van der Waals surface area contributed by atoms with Gasteiger partial charge in [0.25, 0.3) is 0 Å². The molecule has 0 saturated carbocycles. The van der Waals surface area contributed by atoms with Crippen LogP contribution in [-0.4, -0.2) is 39.8 Å². The number of rotatable bonds is 0. The van der Waals surface area contributed by atoms with Crippen molar-refractivity contribution in [2.75, 3.05) is 0 Å². The van der Waals surface area contributed by atoms with E-state index in [1.165, 1.54) is 0 Å². The summed E-state index contributed by atoms with van der Waals surface area (Å²) in [6.07, 6.45) is 0. The van der Waals surface area contributed by atoms with Crippen LogP contribution in [0.5, 0.6) is 0 Å². The Bertz CT molecular complexity index is 15.5. The van der Waals surface area contributed by atoms with Gasteiger partial charge in [0, 0.05) is 35.6 Å². The van der Waals surface area contributed by atoms with Gasteiger partial charge in [0.2, 0.25) is 0 Å². The zero-order valence-corrected chi connectivity index (χ0v) is 6.12. The Kier molecular flexibility index (Phi) is 25.6. The second-order valence-corrected chi connectivity index (χ2v) is 0.346. The van der Waals surface area contributed by atoms with E-state index in [4.69, 9.17) is 15.1 Å².